The predicted molar refractivity (Wildman–Crippen MR) is 131 cm³/mol. The van der Waals surface area contributed by atoms with E-state index in [1.807, 2.05) is 38.1 Å². The molecule has 0 atom stereocenters. The summed E-state index contributed by atoms with van der Waals surface area (Å²) in [6, 6.07) is 11.3. The van der Waals surface area contributed by atoms with Crippen molar-refractivity contribution in [3.8, 4) is 11.4 Å². The lowest BCUT2D eigenvalue weighted by atomic mass is 10.1. The lowest BCUT2D eigenvalue weighted by Gasteiger charge is -2.11. The molecule has 0 aliphatic carbocycles. The zero-order chi connectivity index (χ0) is 23.5. The Morgan fingerprint density at radius 2 is 2.06 bits per heavy atom. The number of nitrogens with one attached hydrogen (secondary N) is 1. The Balaban J connectivity index is 1.34. The van der Waals surface area contributed by atoms with Crippen molar-refractivity contribution in [2.75, 3.05) is 5.32 Å². The molecule has 5 rings (SSSR count). The molecule has 1 aromatic carbocycles. The third-order valence-electron chi connectivity index (χ3n) is 6.04. The number of hydrogen-bond donors (Lipinski definition) is 1. The summed E-state index contributed by atoms with van der Waals surface area (Å²) in [4.78, 5) is 17.6. The molecule has 1 amide bonds. The number of anilines is 1. The third kappa shape index (κ3) is 4.61. The molecule has 0 saturated carbocycles. The molecule has 9 heteroatoms. The number of thioether (sulfide) groups is 1. The summed E-state index contributed by atoms with van der Waals surface area (Å²) >= 11 is 1.50. The maximum atomic E-state index is 13.2. The summed E-state index contributed by atoms with van der Waals surface area (Å²) in [7, 11) is 0. The van der Waals surface area contributed by atoms with E-state index in [4.69, 9.17) is 4.52 Å². The molecule has 0 saturated heterocycles. The van der Waals surface area contributed by atoms with Crippen LogP contribution in [0.2, 0.25) is 0 Å². The predicted octanol–water partition coefficient (Wildman–Crippen LogP) is 5.22. The van der Waals surface area contributed by atoms with Crippen molar-refractivity contribution in [1.29, 1.82) is 0 Å². The van der Waals surface area contributed by atoms with Crippen LogP contribution in [0.1, 0.15) is 52.5 Å². The molecule has 0 bridgehead atoms. The van der Waals surface area contributed by atoms with Crippen LogP contribution in [0.3, 0.4) is 0 Å². The van der Waals surface area contributed by atoms with Crippen LogP contribution < -0.4 is 5.32 Å². The van der Waals surface area contributed by atoms with E-state index >= 15 is 0 Å². The molecule has 34 heavy (non-hydrogen) atoms. The van der Waals surface area contributed by atoms with Gasteiger partial charge in [-0.3, -0.25) is 4.79 Å². The highest BCUT2D eigenvalue weighted by Crippen LogP contribution is 2.29. The minimum absolute atomic E-state index is 0.202. The van der Waals surface area contributed by atoms with Gasteiger partial charge < -0.3 is 14.4 Å². The summed E-state index contributed by atoms with van der Waals surface area (Å²) < 4.78 is 7.46. The van der Waals surface area contributed by atoms with Crippen LogP contribution in [0, 0.1) is 13.8 Å². The summed E-state index contributed by atoms with van der Waals surface area (Å²) in [5.74, 6) is 3.11. The fraction of sp³-hybridized carbons (Fsp3) is 0.320. The van der Waals surface area contributed by atoms with Crippen LogP contribution >= 0.6 is 11.8 Å². The number of rotatable bonds is 6. The highest BCUT2D eigenvalue weighted by Gasteiger charge is 2.18. The summed E-state index contributed by atoms with van der Waals surface area (Å²) in [5, 5.41) is 16.5. The number of aryl methyl sites for hydroxylation is 3. The van der Waals surface area contributed by atoms with Crippen molar-refractivity contribution in [3.63, 3.8) is 0 Å². The summed E-state index contributed by atoms with van der Waals surface area (Å²) in [6.45, 7) is 4.73. The first-order valence-corrected chi connectivity index (χ1v) is 12.4. The number of carbonyl (C=O) groups is 1. The molecule has 0 unspecified atom stereocenters. The molecule has 1 aliphatic rings. The van der Waals surface area contributed by atoms with Crippen LogP contribution in [0.4, 0.5) is 5.69 Å². The maximum Gasteiger partial charge on any atom is 0.258 e. The van der Waals surface area contributed by atoms with E-state index in [0.29, 0.717) is 22.0 Å². The first-order valence-electron chi connectivity index (χ1n) is 11.4. The van der Waals surface area contributed by atoms with Crippen LogP contribution in [0.5, 0.6) is 0 Å². The van der Waals surface area contributed by atoms with Gasteiger partial charge in [-0.2, -0.15) is 0 Å². The molecule has 8 nitrogen and oxygen atoms in total. The van der Waals surface area contributed by atoms with Gasteiger partial charge >= 0.3 is 0 Å². The SMILES string of the molecule is Cc1noc(C)c1CSc1ncccc1C(=O)Nc1cccc(-c2nnc3n2CCCCC3)c1. The van der Waals surface area contributed by atoms with Crippen molar-refractivity contribution in [2.24, 2.45) is 0 Å². The van der Waals surface area contributed by atoms with Gasteiger partial charge in [0.2, 0.25) is 0 Å². The molecule has 174 valence electrons. The molecule has 4 heterocycles. The monoisotopic (exact) mass is 474 g/mol. The quantitative estimate of drug-likeness (QED) is 0.383. The summed E-state index contributed by atoms with van der Waals surface area (Å²) in [5.41, 5.74) is 4.06. The first kappa shape index (κ1) is 22.3. The van der Waals surface area contributed by atoms with Crippen molar-refractivity contribution in [1.82, 2.24) is 24.9 Å². The molecule has 4 aromatic rings. The van der Waals surface area contributed by atoms with E-state index in [-0.39, 0.29) is 5.91 Å². The average molecular weight is 475 g/mol. The lowest BCUT2D eigenvalue weighted by Crippen LogP contribution is -2.13. The second-order valence-electron chi connectivity index (χ2n) is 8.38. The fourth-order valence-electron chi connectivity index (χ4n) is 4.16. The Bertz CT molecular complexity index is 1310. The van der Waals surface area contributed by atoms with E-state index in [1.165, 1.54) is 18.2 Å². The van der Waals surface area contributed by atoms with Gasteiger partial charge in [-0.25, -0.2) is 4.98 Å². The highest BCUT2D eigenvalue weighted by molar-refractivity contribution is 7.98. The molecule has 3 aromatic heterocycles. The normalized spacial score (nSPS) is 13.4. The van der Waals surface area contributed by atoms with Crippen LogP contribution in [-0.4, -0.2) is 30.8 Å². The third-order valence-corrected chi connectivity index (χ3v) is 7.07. The number of benzene rings is 1. The smallest absolute Gasteiger partial charge is 0.258 e. The van der Waals surface area contributed by atoms with Gasteiger partial charge in [0, 0.05) is 41.7 Å². The number of pyridine rings is 1. The van der Waals surface area contributed by atoms with Crippen molar-refractivity contribution in [3.05, 3.63) is 71.0 Å². The highest BCUT2D eigenvalue weighted by atomic mass is 32.2. The lowest BCUT2D eigenvalue weighted by molar-refractivity contribution is 0.102. The fourth-order valence-corrected chi connectivity index (χ4v) is 5.31. The molecule has 0 spiro atoms. The number of hydrogen-bond acceptors (Lipinski definition) is 7. The first-order chi connectivity index (χ1) is 16.6. The van der Waals surface area contributed by atoms with Crippen molar-refractivity contribution in [2.45, 2.75) is 56.9 Å². The number of nitrogens with zero attached hydrogens (tertiary/aromatic N) is 5. The van der Waals surface area contributed by atoms with E-state index < -0.39 is 0 Å². The van der Waals surface area contributed by atoms with Gasteiger partial charge in [0.1, 0.15) is 16.6 Å². The Kier molecular flexibility index (Phi) is 6.44. The topological polar surface area (TPSA) is 98.7 Å². The van der Waals surface area contributed by atoms with Gasteiger partial charge in [-0.1, -0.05) is 23.7 Å². The second-order valence-corrected chi connectivity index (χ2v) is 9.35. The largest absolute Gasteiger partial charge is 0.361 e. The maximum absolute atomic E-state index is 13.2. The van der Waals surface area contributed by atoms with Crippen molar-refractivity contribution >= 4 is 23.4 Å². The van der Waals surface area contributed by atoms with Crippen LogP contribution in [0.25, 0.3) is 11.4 Å². The van der Waals surface area contributed by atoms with Gasteiger partial charge in [0.25, 0.3) is 5.91 Å². The standard InChI is InChI=1S/C25H26N6O2S/c1-16-21(17(2)33-30-16)15-34-25-20(10-7-12-26-25)24(32)27-19-9-6-8-18(14-19)23-29-28-22-11-4-3-5-13-31(22)23/h6-10,12,14H,3-5,11,13,15H2,1-2H3,(H,27,32). The molecule has 1 aliphatic heterocycles. The van der Waals surface area contributed by atoms with Crippen molar-refractivity contribution < 1.29 is 9.32 Å². The van der Waals surface area contributed by atoms with Crippen LogP contribution in [0.15, 0.2) is 52.1 Å². The summed E-state index contributed by atoms with van der Waals surface area (Å²) in [6.07, 6.45) is 6.14. The minimum atomic E-state index is -0.202. The Morgan fingerprint density at radius 3 is 2.91 bits per heavy atom. The minimum Gasteiger partial charge on any atom is -0.361 e. The van der Waals surface area contributed by atoms with E-state index in [2.05, 4.69) is 30.2 Å². The molecular formula is C25H26N6O2S. The zero-order valence-corrected chi connectivity index (χ0v) is 20.1. The molecule has 0 fully saturated rings. The molecule has 1 N–H and O–H groups in total. The zero-order valence-electron chi connectivity index (χ0n) is 19.2. The number of carbonyl (C=O) groups excluding carboxylic acids is 1. The average Bonchev–Trinajstić information content (AvgIpc) is 3.30. The Hall–Kier alpha value is -3.46. The van der Waals surface area contributed by atoms with E-state index in [9.17, 15) is 4.79 Å². The van der Waals surface area contributed by atoms with E-state index in [1.54, 1.807) is 18.3 Å². The number of fused-ring (bicyclic) bond motifs is 1. The van der Waals surface area contributed by atoms with E-state index in [0.717, 1.165) is 60.0 Å². The Morgan fingerprint density at radius 1 is 1.15 bits per heavy atom. The molecular weight excluding hydrogens is 448 g/mol. The Labute approximate surface area is 202 Å². The van der Waals surface area contributed by atoms with Gasteiger partial charge in [-0.15, -0.1) is 22.0 Å². The molecule has 0 radical (unpaired) electrons. The second kappa shape index (κ2) is 9.80. The van der Waals surface area contributed by atoms with Gasteiger partial charge in [0.05, 0.1) is 11.3 Å². The van der Waals surface area contributed by atoms with Gasteiger partial charge in [0.15, 0.2) is 5.82 Å². The van der Waals surface area contributed by atoms with Gasteiger partial charge in [-0.05, 0) is 51.0 Å². The number of amides is 1. The van der Waals surface area contributed by atoms with Crippen LogP contribution in [-0.2, 0) is 18.7 Å². The number of aromatic nitrogens is 5.